The van der Waals surface area contributed by atoms with E-state index in [1.807, 2.05) is 0 Å². The minimum Gasteiger partial charge on any atom is -0.329 e. The van der Waals surface area contributed by atoms with E-state index in [4.69, 9.17) is 5.73 Å². The van der Waals surface area contributed by atoms with Gasteiger partial charge in [-0.25, -0.2) is 8.42 Å². The zero-order chi connectivity index (χ0) is 13.9. The van der Waals surface area contributed by atoms with Crippen molar-refractivity contribution in [3.63, 3.8) is 0 Å². The van der Waals surface area contributed by atoms with Crippen LogP contribution in [0.3, 0.4) is 0 Å². The third kappa shape index (κ3) is 3.92. The molecule has 2 atom stereocenters. The molecule has 0 radical (unpaired) electrons. The van der Waals surface area contributed by atoms with Gasteiger partial charge in [-0.05, 0) is 32.1 Å². The molecule has 112 valence electrons. The van der Waals surface area contributed by atoms with Gasteiger partial charge in [-0.1, -0.05) is 19.3 Å². The maximum atomic E-state index is 11.8. The maximum Gasteiger partial charge on any atom is 0.150 e. The molecule has 2 rings (SSSR count). The van der Waals surface area contributed by atoms with Gasteiger partial charge in [0, 0.05) is 31.4 Å². The van der Waals surface area contributed by atoms with Gasteiger partial charge in [-0.15, -0.1) is 0 Å². The Morgan fingerprint density at radius 3 is 2.26 bits per heavy atom. The average Bonchev–Trinajstić information content (AvgIpc) is 2.88. The van der Waals surface area contributed by atoms with E-state index in [9.17, 15) is 8.42 Å². The standard InChI is InChI=1S/C14H28N2O2S/c1-19(17,18)14-8-4-7-13(11-14)16(10-9-15)12-5-2-3-6-12/h12-14H,2-11,15H2,1H3. The van der Waals surface area contributed by atoms with Crippen molar-refractivity contribution in [2.75, 3.05) is 19.3 Å². The van der Waals surface area contributed by atoms with Crippen LogP contribution in [0.5, 0.6) is 0 Å². The summed E-state index contributed by atoms with van der Waals surface area (Å²) in [7, 11) is -2.89. The second-order valence-electron chi connectivity index (χ2n) is 6.24. The van der Waals surface area contributed by atoms with Crippen molar-refractivity contribution in [3.8, 4) is 0 Å². The highest BCUT2D eigenvalue weighted by Crippen LogP contribution is 2.32. The van der Waals surface area contributed by atoms with E-state index in [0.29, 0.717) is 18.6 Å². The van der Waals surface area contributed by atoms with Gasteiger partial charge in [0.15, 0.2) is 0 Å². The summed E-state index contributed by atoms with van der Waals surface area (Å²) < 4.78 is 23.6. The summed E-state index contributed by atoms with van der Waals surface area (Å²) in [5.74, 6) is 0. The number of rotatable bonds is 5. The fourth-order valence-corrected chi connectivity index (χ4v) is 5.03. The van der Waals surface area contributed by atoms with Crippen molar-refractivity contribution in [2.45, 2.75) is 68.7 Å². The highest BCUT2D eigenvalue weighted by atomic mass is 32.2. The van der Waals surface area contributed by atoms with Gasteiger partial charge < -0.3 is 5.73 Å². The lowest BCUT2D eigenvalue weighted by atomic mass is 9.92. The molecular weight excluding hydrogens is 260 g/mol. The van der Waals surface area contributed by atoms with Crippen molar-refractivity contribution in [1.29, 1.82) is 0 Å². The summed E-state index contributed by atoms with van der Waals surface area (Å²) in [5, 5.41) is -0.132. The Morgan fingerprint density at radius 2 is 1.68 bits per heavy atom. The largest absolute Gasteiger partial charge is 0.329 e. The summed E-state index contributed by atoms with van der Waals surface area (Å²) in [6.45, 7) is 1.60. The van der Waals surface area contributed by atoms with E-state index in [-0.39, 0.29) is 5.25 Å². The number of nitrogens with zero attached hydrogens (tertiary/aromatic N) is 1. The SMILES string of the molecule is CS(=O)(=O)C1CCCC(N(CCN)C2CCCC2)C1. The molecule has 5 heteroatoms. The zero-order valence-electron chi connectivity index (χ0n) is 12.1. The fourth-order valence-electron chi connectivity index (χ4n) is 3.86. The van der Waals surface area contributed by atoms with Crippen LogP contribution in [0.25, 0.3) is 0 Å². The molecule has 4 nitrogen and oxygen atoms in total. The summed E-state index contributed by atoms with van der Waals surface area (Å²) in [4.78, 5) is 2.53. The maximum absolute atomic E-state index is 11.8. The third-order valence-corrected chi connectivity index (χ3v) is 6.49. The molecule has 0 aromatic rings. The van der Waals surface area contributed by atoms with Crippen LogP contribution in [0.15, 0.2) is 0 Å². The summed E-state index contributed by atoms with van der Waals surface area (Å²) in [6, 6.07) is 1.08. The van der Waals surface area contributed by atoms with Crippen LogP contribution in [0.4, 0.5) is 0 Å². The average molecular weight is 288 g/mol. The van der Waals surface area contributed by atoms with E-state index in [1.54, 1.807) is 0 Å². The minimum absolute atomic E-state index is 0.132. The Kier molecular flexibility index (Phi) is 5.26. The van der Waals surface area contributed by atoms with Gasteiger partial charge in [0.2, 0.25) is 0 Å². The van der Waals surface area contributed by atoms with Gasteiger partial charge in [0.25, 0.3) is 0 Å². The number of sulfone groups is 1. The Bertz CT molecular complexity index is 377. The number of nitrogens with two attached hydrogens (primary N) is 1. The van der Waals surface area contributed by atoms with E-state index < -0.39 is 9.84 Å². The van der Waals surface area contributed by atoms with Gasteiger partial charge in [-0.2, -0.15) is 0 Å². The first-order valence-corrected chi connectivity index (χ1v) is 9.62. The monoisotopic (exact) mass is 288 g/mol. The van der Waals surface area contributed by atoms with E-state index in [0.717, 1.165) is 32.2 Å². The van der Waals surface area contributed by atoms with Gasteiger partial charge in [0.1, 0.15) is 9.84 Å². The van der Waals surface area contributed by atoms with Crippen LogP contribution in [0, 0.1) is 0 Å². The van der Waals surface area contributed by atoms with Crippen LogP contribution in [0.2, 0.25) is 0 Å². The van der Waals surface area contributed by atoms with Gasteiger partial charge >= 0.3 is 0 Å². The Balaban J connectivity index is 2.04. The quantitative estimate of drug-likeness (QED) is 0.833. The second-order valence-corrected chi connectivity index (χ2v) is 8.56. The highest BCUT2D eigenvalue weighted by molar-refractivity contribution is 7.91. The molecule has 19 heavy (non-hydrogen) atoms. The molecular formula is C14H28N2O2S. The molecule has 0 spiro atoms. The van der Waals surface area contributed by atoms with Crippen molar-refractivity contribution >= 4 is 9.84 Å². The topological polar surface area (TPSA) is 63.4 Å². The number of hydrogen-bond donors (Lipinski definition) is 1. The summed E-state index contributed by atoms with van der Waals surface area (Å²) >= 11 is 0. The van der Waals surface area contributed by atoms with Crippen LogP contribution in [0.1, 0.15) is 51.4 Å². The van der Waals surface area contributed by atoms with Crippen LogP contribution < -0.4 is 5.73 Å². The molecule has 0 heterocycles. The van der Waals surface area contributed by atoms with Crippen molar-refractivity contribution in [2.24, 2.45) is 5.73 Å². The van der Waals surface area contributed by atoms with Crippen molar-refractivity contribution in [3.05, 3.63) is 0 Å². The molecule has 2 aliphatic carbocycles. The molecule has 0 amide bonds. The van der Waals surface area contributed by atoms with E-state index in [1.165, 1.54) is 31.9 Å². The molecule has 0 aromatic carbocycles. The van der Waals surface area contributed by atoms with Crippen molar-refractivity contribution in [1.82, 2.24) is 4.90 Å². The normalized spacial score (nSPS) is 30.1. The molecule has 0 aliphatic heterocycles. The summed E-state index contributed by atoms with van der Waals surface area (Å²) in [6.07, 6.45) is 10.4. The lowest BCUT2D eigenvalue weighted by Gasteiger charge is -2.40. The van der Waals surface area contributed by atoms with Crippen LogP contribution >= 0.6 is 0 Å². The first kappa shape index (κ1) is 15.3. The van der Waals surface area contributed by atoms with Crippen LogP contribution in [-0.4, -0.2) is 50.0 Å². The second kappa shape index (κ2) is 6.55. The third-order valence-electron chi connectivity index (χ3n) is 4.85. The molecule has 2 aliphatic rings. The Hall–Kier alpha value is -0.130. The zero-order valence-corrected chi connectivity index (χ0v) is 12.9. The van der Waals surface area contributed by atoms with Crippen LogP contribution in [-0.2, 0) is 9.84 Å². The highest BCUT2D eigenvalue weighted by Gasteiger charge is 2.35. The molecule has 0 aromatic heterocycles. The fraction of sp³-hybridized carbons (Fsp3) is 1.00. The van der Waals surface area contributed by atoms with E-state index >= 15 is 0 Å². The van der Waals surface area contributed by atoms with E-state index in [2.05, 4.69) is 4.90 Å². The minimum atomic E-state index is -2.89. The molecule has 0 saturated heterocycles. The Morgan fingerprint density at radius 1 is 1.05 bits per heavy atom. The first-order valence-electron chi connectivity index (χ1n) is 7.67. The Labute approximate surface area is 117 Å². The molecule has 2 N–H and O–H groups in total. The molecule has 0 bridgehead atoms. The van der Waals surface area contributed by atoms with Gasteiger partial charge in [-0.3, -0.25) is 4.90 Å². The van der Waals surface area contributed by atoms with Gasteiger partial charge in [0.05, 0.1) is 5.25 Å². The summed E-state index contributed by atoms with van der Waals surface area (Å²) in [5.41, 5.74) is 5.76. The predicted molar refractivity (Wildman–Crippen MR) is 78.9 cm³/mol. The molecule has 2 fully saturated rings. The van der Waals surface area contributed by atoms with Crippen molar-refractivity contribution < 1.29 is 8.42 Å². The first-order chi connectivity index (χ1) is 9.02. The molecule has 2 unspecified atom stereocenters. The number of hydrogen-bond acceptors (Lipinski definition) is 4. The predicted octanol–water partition coefficient (Wildman–Crippen LogP) is 1.55. The molecule has 2 saturated carbocycles. The lowest BCUT2D eigenvalue weighted by molar-refractivity contribution is 0.110. The smallest absolute Gasteiger partial charge is 0.150 e. The lowest BCUT2D eigenvalue weighted by Crippen LogP contribution is -2.48.